The van der Waals surface area contributed by atoms with Crippen molar-refractivity contribution in [2.24, 2.45) is 0 Å². The molecule has 0 aliphatic heterocycles. The van der Waals surface area contributed by atoms with Crippen molar-refractivity contribution < 1.29 is 13.2 Å². The van der Waals surface area contributed by atoms with Gasteiger partial charge in [-0.2, -0.15) is 9.29 Å². The van der Waals surface area contributed by atoms with Gasteiger partial charge in [0.2, 0.25) is 15.9 Å². The first-order valence-corrected chi connectivity index (χ1v) is 11.4. The summed E-state index contributed by atoms with van der Waals surface area (Å²) in [6.45, 7) is 4.37. The predicted molar refractivity (Wildman–Crippen MR) is 118 cm³/mol. The summed E-state index contributed by atoms with van der Waals surface area (Å²) in [5.74, 6) is -0.174. The van der Waals surface area contributed by atoms with E-state index in [2.05, 4.69) is 25.5 Å². The highest BCUT2D eigenvalue weighted by atomic mass is 32.2. The van der Waals surface area contributed by atoms with Crippen molar-refractivity contribution in [3.8, 4) is 0 Å². The third kappa shape index (κ3) is 4.12. The molecule has 160 valence electrons. The number of hydrogen-bond acceptors (Lipinski definition) is 6. The SMILES string of the molecule is CCN(CC)S(=O)(=O)c1ccc2[nH]c3nc(NC(=O)Cc4ccccc4)nnc3c2c1. The summed E-state index contributed by atoms with van der Waals surface area (Å²) in [6.07, 6.45) is 0.196. The average molecular weight is 439 g/mol. The normalized spacial score (nSPS) is 12.0. The minimum absolute atomic E-state index is 0.0796. The number of rotatable bonds is 7. The first-order valence-electron chi connectivity index (χ1n) is 9.92. The van der Waals surface area contributed by atoms with Crippen molar-refractivity contribution in [1.29, 1.82) is 0 Å². The van der Waals surface area contributed by atoms with Gasteiger partial charge in [-0.3, -0.25) is 10.1 Å². The number of aromatic amines is 1. The Labute approximate surface area is 179 Å². The number of nitrogens with one attached hydrogen (secondary N) is 2. The third-order valence-corrected chi connectivity index (χ3v) is 7.03. The maximum Gasteiger partial charge on any atom is 0.251 e. The van der Waals surface area contributed by atoms with E-state index < -0.39 is 10.0 Å². The molecule has 0 bridgehead atoms. The van der Waals surface area contributed by atoms with Gasteiger partial charge in [0.15, 0.2) is 5.65 Å². The number of hydrogen-bond donors (Lipinski definition) is 2. The lowest BCUT2D eigenvalue weighted by Crippen LogP contribution is -2.30. The molecule has 2 heterocycles. The van der Waals surface area contributed by atoms with Crippen LogP contribution in [0.5, 0.6) is 0 Å². The van der Waals surface area contributed by atoms with Gasteiger partial charge >= 0.3 is 0 Å². The Balaban J connectivity index is 1.64. The maximum atomic E-state index is 12.8. The lowest BCUT2D eigenvalue weighted by Gasteiger charge is -2.18. The Morgan fingerprint density at radius 2 is 1.81 bits per heavy atom. The summed E-state index contributed by atoms with van der Waals surface area (Å²) >= 11 is 0. The van der Waals surface area contributed by atoms with Crippen molar-refractivity contribution in [2.75, 3.05) is 18.4 Å². The number of H-pyrrole nitrogens is 1. The van der Waals surface area contributed by atoms with E-state index >= 15 is 0 Å². The molecule has 2 N–H and O–H groups in total. The number of anilines is 1. The lowest BCUT2D eigenvalue weighted by atomic mass is 10.1. The molecular formula is C21H22N6O3S. The molecule has 0 atom stereocenters. The highest BCUT2D eigenvalue weighted by molar-refractivity contribution is 7.89. The molecule has 0 aliphatic carbocycles. The zero-order chi connectivity index (χ0) is 22.0. The van der Waals surface area contributed by atoms with Crippen molar-refractivity contribution >= 4 is 43.9 Å². The predicted octanol–water partition coefficient (Wildman–Crippen LogP) is 2.72. The monoisotopic (exact) mass is 438 g/mol. The number of carbonyl (C=O) groups is 1. The highest BCUT2D eigenvalue weighted by Gasteiger charge is 2.23. The molecule has 10 heteroatoms. The van der Waals surface area contributed by atoms with Gasteiger partial charge in [0.1, 0.15) is 5.52 Å². The molecule has 0 saturated carbocycles. The second-order valence-corrected chi connectivity index (χ2v) is 8.90. The van der Waals surface area contributed by atoms with Gasteiger partial charge in [0.05, 0.1) is 11.3 Å². The van der Waals surface area contributed by atoms with Crippen LogP contribution >= 0.6 is 0 Å². The third-order valence-electron chi connectivity index (χ3n) is 4.99. The molecule has 0 fully saturated rings. The van der Waals surface area contributed by atoms with E-state index in [1.165, 1.54) is 4.31 Å². The van der Waals surface area contributed by atoms with Gasteiger partial charge in [-0.15, -0.1) is 10.2 Å². The van der Waals surface area contributed by atoms with E-state index in [1.807, 2.05) is 30.3 Å². The van der Waals surface area contributed by atoms with Crippen LogP contribution in [0.1, 0.15) is 19.4 Å². The van der Waals surface area contributed by atoms with Crippen molar-refractivity contribution in [2.45, 2.75) is 25.2 Å². The number of carbonyl (C=O) groups excluding carboxylic acids is 1. The van der Waals surface area contributed by atoms with Crippen molar-refractivity contribution in [1.82, 2.24) is 24.5 Å². The Kier molecular flexibility index (Phi) is 5.66. The fraction of sp³-hybridized carbons (Fsp3) is 0.238. The number of benzene rings is 2. The van der Waals surface area contributed by atoms with Crippen LogP contribution < -0.4 is 5.32 Å². The Morgan fingerprint density at radius 3 is 2.52 bits per heavy atom. The van der Waals surface area contributed by atoms with E-state index in [-0.39, 0.29) is 23.2 Å². The topological polar surface area (TPSA) is 121 Å². The molecule has 2 aromatic heterocycles. The van der Waals surface area contributed by atoms with Crippen LogP contribution in [0.25, 0.3) is 22.1 Å². The van der Waals surface area contributed by atoms with E-state index in [9.17, 15) is 13.2 Å². The van der Waals surface area contributed by atoms with Gasteiger partial charge in [0.25, 0.3) is 5.95 Å². The summed E-state index contributed by atoms with van der Waals surface area (Å²) in [5, 5.41) is 11.4. The van der Waals surface area contributed by atoms with E-state index in [0.29, 0.717) is 35.2 Å². The molecule has 4 rings (SSSR count). The second kappa shape index (κ2) is 8.40. The molecule has 0 unspecified atom stereocenters. The average Bonchev–Trinajstić information content (AvgIpc) is 3.12. The summed E-state index contributed by atoms with van der Waals surface area (Å²) in [5.41, 5.74) is 2.41. The molecule has 31 heavy (non-hydrogen) atoms. The van der Waals surface area contributed by atoms with Gasteiger partial charge < -0.3 is 4.98 Å². The Morgan fingerprint density at radius 1 is 1.06 bits per heavy atom. The second-order valence-electron chi connectivity index (χ2n) is 6.96. The van der Waals surface area contributed by atoms with Gasteiger partial charge in [0, 0.05) is 24.0 Å². The van der Waals surface area contributed by atoms with Crippen molar-refractivity contribution in [3.05, 3.63) is 54.1 Å². The molecular weight excluding hydrogens is 416 g/mol. The zero-order valence-corrected chi connectivity index (χ0v) is 18.0. The molecule has 1 amide bonds. The van der Waals surface area contributed by atoms with Crippen LogP contribution in [0.3, 0.4) is 0 Å². The van der Waals surface area contributed by atoms with Crippen LogP contribution in [-0.4, -0.2) is 51.9 Å². The number of fused-ring (bicyclic) bond motifs is 3. The number of aromatic nitrogens is 4. The Hall–Kier alpha value is -3.37. The molecule has 0 saturated heterocycles. The van der Waals surface area contributed by atoms with Crippen LogP contribution in [0.2, 0.25) is 0 Å². The van der Waals surface area contributed by atoms with Crippen LogP contribution in [0.4, 0.5) is 5.95 Å². The van der Waals surface area contributed by atoms with Gasteiger partial charge in [-0.1, -0.05) is 44.2 Å². The smallest absolute Gasteiger partial charge is 0.251 e. The minimum Gasteiger partial charge on any atom is -0.338 e. The fourth-order valence-electron chi connectivity index (χ4n) is 3.43. The maximum absolute atomic E-state index is 12.8. The van der Waals surface area contributed by atoms with Crippen LogP contribution in [0, 0.1) is 0 Å². The quantitative estimate of drug-likeness (QED) is 0.458. The molecule has 4 aromatic rings. The number of sulfonamides is 1. The zero-order valence-electron chi connectivity index (χ0n) is 17.2. The largest absolute Gasteiger partial charge is 0.338 e. The summed E-state index contributed by atoms with van der Waals surface area (Å²) in [6, 6.07) is 14.2. The standard InChI is InChI=1S/C21H22N6O3S/c1-3-27(4-2)31(29,30)15-10-11-17-16(13-15)19-20(22-17)24-21(26-25-19)23-18(28)12-14-8-6-5-7-9-14/h5-11,13H,3-4,12H2,1-2H3,(H2,22,23,24,26,28). The summed E-state index contributed by atoms with van der Waals surface area (Å²) in [7, 11) is -3.60. The van der Waals surface area contributed by atoms with Gasteiger partial charge in [-0.05, 0) is 23.8 Å². The van der Waals surface area contributed by atoms with E-state index in [4.69, 9.17) is 0 Å². The highest BCUT2D eigenvalue weighted by Crippen LogP contribution is 2.26. The molecule has 9 nitrogen and oxygen atoms in total. The van der Waals surface area contributed by atoms with E-state index in [0.717, 1.165) is 5.56 Å². The van der Waals surface area contributed by atoms with Crippen molar-refractivity contribution in [3.63, 3.8) is 0 Å². The molecule has 0 spiro atoms. The van der Waals surface area contributed by atoms with E-state index in [1.54, 1.807) is 32.0 Å². The first kappa shape index (κ1) is 20.9. The summed E-state index contributed by atoms with van der Waals surface area (Å²) < 4.78 is 27.1. The Bertz CT molecular complexity index is 1350. The van der Waals surface area contributed by atoms with Crippen LogP contribution in [0.15, 0.2) is 53.4 Å². The lowest BCUT2D eigenvalue weighted by molar-refractivity contribution is -0.115. The number of amides is 1. The molecule has 2 aromatic carbocycles. The number of nitrogens with zero attached hydrogens (tertiary/aromatic N) is 4. The first-order chi connectivity index (χ1) is 14.9. The molecule has 0 radical (unpaired) electrons. The van der Waals surface area contributed by atoms with Crippen LogP contribution in [-0.2, 0) is 21.2 Å². The summed E-state index contributed by atoms with van der Waals surface area (Å²) in [4.78, 5) is 19.9. The molecule has 0 aliphatic rings. The van der Waals surface area contributed by atoms with Gasteiger partial charge in [-0.25, -0.2) is 8.42 Å². The minimum atomic E-state index is -3.60. The fourth-order valence-corrected chi connectivity index (χ4v) is 4.91.